The molecule has 0 aromatic carbocycles. The average molecular weight is 254 g/mol. The van der Waals surface area contributed by atoms with Crippen molar-refractivity contribution in [2.45, 2.75) is 24.1 Å². The molecule has 0 aliphatic carbocycles. The first kappa shape index (κ1) is 12.0. The maximum absolute atomic E-state index is 11.7. The molecule has 1 N–H and O–H groups in total. The Bertz CT molecular complexity index is 386. The molecule has 14 heavy (non-hydrogen) atoms. The van der Waals surface area contributed by atoms with Crippen molar-refractivity contribution in [2.75, 3.05) is 6.54 Å². The Kier molecular flexibility index (Phi) is 4.37. The Hall–Kier alpha value is -0.100. The molecule has 1 aromatic rings. The molecule has 0 spiro atoms. The fraction of sp³-hybridized carbons (Fsp3) is 0.500. The summed E-state index contributed by atoms with van der Waals surface area (Å²) in [6.45, 7) is 2.37. The second kappa shape index (κ2) is 5.11. The molecule has 1 aromatic heterocycles. The Morgan fingerprint density at radius 2 is 2.29 bits per heavy atom. The van der Waals surface area contributed by atoms with Crippen molar-refractivity contribution in [3.05, 3.63) is 16.3 Å². The predicted molar refractivity (Wildman–Crippen MR) is 59.4 cm³/mol. The molecule has 0 fully saturated rings. The number of thiophene rings is 1. The molecule has 6 heteroatoms. The average Bonchev–Trinajstić information content (AvgIpc) is 2.63. The molecule has 1 rings (SSSR count). The fourth-order valence-corrected chi connectivity index (χ4v) is 3.81. The van der Waals surface area contributed by atoms with Crippen LogP contribution in [0, 0.1) is 0 Å². The van der Waals surface area contributed by atoms with Gasteiger partial charge in [-0.2, -0.15) is 0 Å². The molecule has 1 heterocycles. The lowest BCUT2D eigenvalue weighted by Gasteiger charge is -2.04. The molecule has 0 saturated carbocycles. The third-order valence-electron chi connectivity index (χ3n) is 1.66. The molecule has 0 radical (unpaired) electrons. The number of hydrogen-bond acceptors (Lipinski definition) is 3. The number of sulfonamides is 1. The van der Waals surface area contributed by atoms with Gasteiger partial charge >= 0.3 is 0 Å². The minimum Gasteiger partial charge on any atom is -0.211 e. The molecule has 0 unspecified atom stereocenters. The first-order valence-corrected chi connectivity index (χ1v) is 7.13. The molecule has 0 aliphatic rings. The largest absolute Gasteiger partial charge is 0.241 e. The van der Waals surface area contributed by atoms with Gasteiger partial charge in [-0.15, -0.1) is 22.9 Å². The maximum atomic E-state index is 11.7. The standard InChI is InChI=1S/C8H12ClNO2S2/c1-2-4-10-14(11,12)8-3-5-13-7(8)6-9/h3,5,10H,2,4,6H2,1H3. The van der Waals surface area contributed by atoms with Crippen molar-refractivity contribution in [1.29, 1.82) is 0 Å². The number of alkyl halides is 1. The summed E-state index contributed by atoms with van der Waals surface area (Å²) in [5.41, 5.74) is 0. The van der Waals surface area contributed by atoms with Gasteiger partial charge < -0.3 is 0 Å². The summed E-state index contributed by atoms with van der Waals surface area (Å²) >= 11 is 6.99. The van der Waals surface area contributed by atoms with Gasteiger partial charge in [-0.25, -0.2) is 13.1 Å². The summed E-state index contributed by atoms with van der Waals surface area (Å²) in [4.78, 5) is 1.00. The topological polar surface area (TPSA) is 46.2 Å². The van der Waals surface area contributed by atoms with Gasteiger partial charge in [0, 0.05) is 11.4 Å². The van der Waals surface area contributed by atoms with E-state index in [1.165, 1.54) is 11.3 Å². The SMILES string of the molecule is CCCNS(=O)(=O)c1ccsc1CCl. The van der Waals surface area contributed by atoms with Crippen LogP contribution in [-0.4, -0.2) is 15.0 Å². The van der Waals surface area contributed by atoms with E-state index >= 15 is 0 Å². The van der Waals surface area contributed by atoms with Crippen LogP contribution < -0.4 is 4.72 Å². The van der Waals surface area contributed by atoms with Crippen LogP contribution in [0.5, 0.6) is 0 Å². The lowest BCUT2D eigenvalue weighted by atomic mass is 10.5. The van der Waals surface area contributed by atoms with E-state index in [0.29, 0.717) is 16.3 Å². The third kappa shape index (κ3) is 2.70. The lowest BCUT2D eigenvalue weighted by Crippen LogP contribution is -2.24. The minimum absolute atomic E-state index is 0.236. The van der Waals surface area contributed by atoms with Crippen LogP contribution in [-0.2, 0) is 15.9 Å². The lowest BCUT2D eigenvalue weighted by molar-refractivity contribution is 0.580. The molecule has 0 aliphatic heterocycles. The number of halogens is 1. The van der Waals surface area contributed by atoms with Gasteiger partial charge in [0.2, 0.25) is 10.0 Å². The fourth-order valence-electron chi connectivity index (χ4n) is 0.980. The first-order chi connectivity index (χ1) is 6.61. The van der Waals surface area contributed by atoms with Gasteiger partial charge in [0.25, 0.3) is 0 Å². The van der Waals surface area contributed by atoms with Gasteiger partial charge in [-0.1, -0.05) is 6.92 Å². The maximum Gasteiger partial charge on any atom is 0.241 e. The predicted octanol–water partition coefficient (Wildman–Crippen LogP) is 2.18. The monoisotopic (exact) mass is 253 g/mol. The summed E-state index contributed by atoms with van der Waals surface area (Å²) in [5.74, 6) is 0.236. The van der Waals surface area contributed by atoms with Crippen molar-refractivity contribution >= 4 is 33.0 Å². The van der Waals surface area contributed by atoms with Crippen molar-refractivity contribution < 1.29 is 8.42 Å². The Morgan fingerprint density at radius 3 is 2.86 bits per heavy atom. The van der Waals surface area contributed by atoms with Crippen LogP contribution in [0.2, 0.25) is 0 Å². The van der Waals surface area contributed by atoms with E-state index in [0.717, 1.165) is 6.42 Å². The zero-order valence-electron chi connectivity index (χ0n) is 7.79. The summed E-state index contributed by atoms with van der Waals surface area (Å²) in [6, 6.07) is 1.58. The summed E-state index contributed by atoms with van der Waals surface area (Å²) in [6.07, 6.45) is 0.777. The number of nitrogens with one attached hydrogen (secondary N) is 1. The molecule has 0 saturated heterocycles. The summed E-state index contributed by atoms with van der Waals surface area (Å²) in [5, 5.41) is 1.73. The van der Waals surface area contributed by atoms with Gasteiger partial charge in [-0.3, -0.25) is 0 Å². The molecule has 3 nitrogen and oxygen atoms in total. The third-order valence-corrected chi connectivity index (χ3v) is 4.68. The molecule has 80 valence electrons. The highest BCUT2D eigenvalue weighted by atomic mass is 35.5. The van der Waals surface area contributed by atoms with Crippen LogP contribution in [0.4, 0.5) is 0 Å². The van der Waals surface area contributed by atoms with E-state index in [9.17, 15) is 8.42 Å². The Labute approximate surface area is 93.1 Å². The number of hydrogen-bond donors (Lipinski definition) is 1. The highest BCUT2D eigenvalue weighted by Crippen LogP contribution is 2.23. The van der Waals surface area contributed by atoms with Crippen LogP contribution in [0.1, 0.15) is 18.2 Å². The van der Waals surface area contributed by atoms with Crippen molar-refractivity contribution in [3.8, 4) is 0 Å². The quantitative estimate of drug-likeness (QED) is 0.818. The van der Waals surface area contributed by atoms with Gasteiger partial charge in [0.15, 0.2) is 0 Å². The van der Waals surface area contributed by atoms with Crippen molar-refractivity contribution in [3.63, 3.8) is 0 Å². The van der Waals surface area contributed by atoms with E-state index in [4.69, 9.17) is 11.6 Å². The van der Waals surface area contributed by atoms with Gasteiger partial charge in [-0.05, 0) is 17.9 Å². The number of rotatable bonds is 5. The van der Waals surface area contributed by atoms with E-state index < -0.39 is 10.0 Å². The van der Waals surface area contributed by atoms with Crippen LogP contribution in [0.25, 0.3) is 0 Å². The molecule has 0 amide bonds. The highest BCUT2D eigenvalue weighted by molar-refractivity contribution is 7.89. The molecular formula is C8H12ClNO2S2. The minimum atomic E-state index is -3.35. The summed E-state index contributed by atoms with van der Waals surface area (Å²) < 4.78 is 25.8. The van der Waals surface area contributed by atoms with E-state index in [2.05, 4.69) is 4.72 Å². The van der Waals surface area contributed by atoms with Crippen LogP contribution >= 0.6 is 22.9 Å². The normalized spacial score (nSPS) is 11.9. The van der Waals surface area contributed by atoms with Crippen molar-refractivity contribution in [2.24, 2.45) is 0 Å². The second-order valence-electron chi connectivity index (χ2n) is 2.74. The smallest absolute Gasteiger partial charge is 0.211 e. The molecular weight excluding hydrogens is 242 g/mol. The van der Waals surface area contributed by atoms with Gasteiger partial charge in [0.05, 0.1) is 10.8 Å². The van der Waals surface area contributed by atoms with Crippen molar-refractivity contribution in [1.82, 2.24) is 4.72 Å². The van der Waals surface area contributed by atoms with E-state index in [1.807, 2.05) is 6.92 Å². The second-order valence-corrected chi connectivity index (χ2v) is 5.74. The first-order valence-electron chi connectivity index (χ1n) is 4.23. The zero-order valence-corrected chi connectivity index (χ0v) is 10.2. The Morgan fingerprint density at radius 1 is 1.57 bits per heavy atom. The van der Waals surface area contributed by atoms with Crippen LogP contribution in [0.3, 0.4) is 0 Å². The summed E-state index contributed by atoms with van der Waals surface area (Å²) in [7, 11) is -3.35. The molecule has 0 bridgehead atoms. The Balaban J connectivity index is 2.92. The van der Waals surface area contributed by atoms with Crippen LogP contribution in [0.15, 0.2) is 16.3 Å². The van der Waals surface area contributed by atoms with E-state index in [-0.39, 0.29) is 5.88 Å². The zero-order chi connectivity index (χ0) is 10.6. The van der Waals surface area contributed by atoms with E-state index in [1.54, 1.807) is 11.4 Å². The van der Waals surface area contributed by atoms with Gasteiger partial charge in [0.1, 0.15) is 0 Å². The molecule has 0 atom stereocenters. The highest BCUT2D eigenvalue weighted by Gasteiger charge is 2.17.